The summed E-state index contributed by atoms with van der Waals surface area (Å²) in [5.41, 5.74) is 0.159. The van der Waals surface area contributed by atoms with Gasteiger partial charge in [-0.15, -0.1) is 0 Å². The second-order valence-corrected chi connectivity index (χ2v) is 4.46. The minimum absolute atomic E-state index is 0.159. The van der Waals surface area contributed by atoms with Gasteiger partial charge in [-0.2, -0.15) is 0 Å². The van der Waals surface area contributed by atoms with E-state index in [9.17, 15) is 14.7 Å². The third-order valence-electron chi connectivity index (χ3n) is 3.26. The van der Waals surface area contributed by atoms with Crippen LogP contribution in [-0.4, -0.2) is 47.2 Å². The molecule has 0 aromatic heterocycles. The van der Waals surface area contributed by atoms with Crippen LogP contribution in [0.4, 0.5) is 0 Å². The number of carbonyl (C=O) groups is 2. The van der Waals surface area contributed by atoms with Crippen LogP contribution in [0.5, 0.6) is 11.5 Å². The van der Waals surface area contributed by atoms with Gasteiger partial charge in [0.2, 0.25) is 0 Å². The smallest absolute Gasteiger partial charge is 0.308 e. The standard InChI is InChI=1S/C13H15NO5/c1-19-9-2-3-10(11(15)6-9)12(16)14-5-4-8(7-14)13(17)18/h2-3,6,8,15H,4-5,7H2,1H3,(H,17,18). The fraction of sp³-hybridized carbons (Fsp3) is 0.385. The number of benzene rings is 1. The number of ether oxygens (including phenoxy) is 1. The van der Waals surface area contributed by atoms with Crippen molar-refractivity contribution in [1.82, 2.24) is 4.90 Å². The number of rotatable bonds is 3. The molecular weight excluding hydrogens is 250 g/mol. The normalized spacial score (nSPS) is 18.4. The number of nitrogens with zero attached hydrogens (tertiary/aromatic N) is 1. The van der Waals surface area contributed by atoms with Crippen molar-refractivity contribution in [3.8, 4) is 11.5 Å². The van der Waals surface area contributed by atoms with E-state index in [4.69, 9.17) is 9.84 Å². The highest BCUT2D eigenvalue weighted by atomic mass is 16.5. The largest absolute Gasteiger partial charge is 0.507 e. The van der Waals surface area contributed by atoms with Crippen LogP contribution < -0.4 is 4.74 Å². The zero-order valence-electron chi connectivity index (χ0n) is 10.5. The first kappa shape index (κ1) is 13.2. The number of hydrogen-bond donors (Lipinski definition) is 2. The number of carboxylic acid groups (broad SMARTS) is 1. The summed E-state index contributed by atoms with van der Waals surface area (Å²) in [5.74, 6) is -1.48. The number of carboxylic acids is 1. The molecule has 0 spiro atoms. The Morgan fingerprint density at radius 1 is 1.42 bits per heavy atom. The van der Waals surface area contributed by atoms with Crippen LogP contribution >= 0.6 is 0 Å². The number of phenols is 1. The van der Waals surface area contributed by atoms with Gasteiger partial charge >= 0.3 is 5.97 Å². The molecule has 1 aromatic rings. The van der Waals surface area contributed by atoms with E-state index in [2.05, 4.69) is 0 Å². The number of phenolic OH excluding ortho intramolecular Hbond substituents is 1. The molecule has 1 amide bonds. The molecule has 1 heterocycles. The van der Waals surface area contributed by atoms with Crippen molar-refractivity contribution in [2.24, 2.45) is 5.92 Å². The van der Waals surface area contributed by atoms with Crippen LogP contribution in [0.15, 0.2) is 18.2 Å². The Morgan fingerprint density at radius 3 is 2.68 bits per heavy atom. The van der Waals surface area contributed by atoms with Crippen LogP contribution in [0, 0.1) is 5.92 Å². The van der Waals surface area contributed by atoms with Gasteiger partial charge in [-0.3, -0.25) is 9.59 Å². The average Bonchev–Trinajstić information content (AvgIpc) is 2.87. The minimum Gasteiger partial charge on any atom is -0.507 e. The minimum atomic E-state index is -0.894. The number of likely N-dealkylation sites (tertiary alicyclic amines) is 1. The number of amides is 1. The van der Waals surface area contributed by atoms with Crippen molar-refractivity contribution in [3.05, 3.63) is 23.8 Å². The SMILES string of the molecule is COc1ccc(C(=O)N2CCC(C(=O)O)C2)c(O)c1. The Labute approximate surface area is 110 Å². The van der Waals surface area contributed by atoms with Crippen molar-refractivity contribution in [2.75, 3.05) is 20.2 Å². The van der Waals surface area contributed by atoms with Crippen LogP contribution in [0.1, 0.15) is 16.8 Å². The van der Waals surface area contributed by atoms with E-state index >= 15 is 0 Å². The highest BCUT2D eigenvalue weighted by Gasteiger charge is 2.32. The lowest BCUT2D eigenvalue weighted by molar-refractivity contribution is -0.141. The summed E-state index contributed by atoms with van der Waals surface area (Å²) < 4.78 is 4.94. The molecule has 1 fully saturated rings. The zero-order chi connectivity index (χ0) is 14.0. The monoisotopic (exact) mass is 265 g/mol. The summed E-state index contributed by atoms with van der Waals surface area (Å²) in [6.07, 6.45) is 0.442. The number of aliphatic carboxylic acids is 1. The maximum absolute atomic E-state index is 12.2. The molecule has 1 aromatic carbocycles. The molecule has 19 heavy (non-hydrogen) atoms. The number of hydrogen-bond acceptors (Lipinski definition) is 4. The summed E-state index contributed by atoms with van der Waals surface area (Å²) >= 11 is 0. The van der Waals surface area contributed by atoms with E-state index < -0.39 is 11.9 Å². The van der Waals surface area contributed by atoms with E-state index in [-0.39, 0.29) is 23.8 Å². The topological polar surface area (TPSA) is 87.1 Å². The third-order valence-corrected chi connectivity index (χ3v) is 3.26. The van der Waals surface area contributed by atoms with E-state index in [1.54, 1.807) is 6.07 Å². The van der Waals surface area contributed by atoms with E-state index in [0.29, 0.717) is 18.7 Å². The predicted molar refractivity (Wildman–Crippen MR) is 66.3 cm³/mol. The molecule has 2 rings (SSSR count). The van der Waals surface area contributed by atoms with Gasteiger partial charge in [0.05, 0.1) is 18.6 Å². The first-order valence-corrected chi connectivity index (χ1v) is 5.92. The fourth-order valence-corrected chi connectivity index (χ4v) is 2.14. The first-order valence-electron chi connectivity index (χ1n) is 5.92. The Hall–Kier alpha value is -2.24. The molecule has 0 radical (unpaired) electrons. The second-order valence-electron chi connectivity index (χ2n) is 4.46. The highest BCUT2D eigenvalue weighted by molar-refractivity contribution is 5.97. The van der Waals surface area contributed by atoms with Crippen LogP contribution in [-0.2, 0) is 4.79 Å². The lowest BCUT2D eigenvalue weighted by Crippen LogP contribution is -2.29. The summed E-state index contributed by atoms with van der Waals surface area (Å²) in [6.45, 7) is 0.570. The quantitative estimate of drug-likeness (QED) is 0.849. The molecule has 1 aliphatic rings. The Bertz CT molecular complexity index is 514. The van der Waals surface area contributed by atoms with Crippen LogP contribution in [0.25, 0.3) is 0 Å². The molecule has 6 heteroatoms. The first-order chi connectivity index (χ1) is 9.02. The molecule has 0 bridgehead atoms. The molecule has 6 nitrogen and oxygen atoms in total. The zero-order valence-corrected chi connectivity index (χ0v) is 10.5. The molecule has 1 unspecified atom stereocenters. The second kappa shape index (κ2) is 5.17. The van der Waals surface area contributed by atoms with Gasteiger partial charge in [0.25, 0.3) is 5.91 Å². The number of carbonyl (C=O) groups excluding carboxylic acids is 1. The van der Waals surface area contributed by atoms with Gasteiger partial charge in [-0.1, -0.05) is 0 Å². The van der Waals surface area contributed by atoms with E-state index in [0.717, 1.165) is 0 Å². The van der Waals surface area contributed by atoms with Gasteiger partial charge in [0.15, 0.2) is 0 Å². The van der Waals surface area contributed by atoms with Gasteiger partial charge < -0.3 is 19.8 Å². The van der Waals surface area contributed by atoms with Gasteiger partial charge in [0, 0.05) is 19.2 Å². The lowest BCUT2D eigenvalue weighted by atomic mass is 10.1. The summed E-state index contributed by atoms with van der Waals surface area (Å²) in [5, 5.41) is 18.7. The molecule has 1 atom stereocenters. The molecular formula is C13H15NO5. The average molecular weight is 265 g/mol. The van der Waals surface area contributed by atoms with Crippen LogP contribution in [0.2, 0.25) is 0 Å². The maximum atomic E-state index is 12.2. The predicted octanol–water partition coefficient (Wildman–Crippen LogP) is 0.948. The van der Waals surface area contributed by atoms with Gasteiger partial charge in [-0.05, 0) is 18.6 Å². The Kier molecular flexibility index (Phi) is 3.59. The van der Waals surface area contributed by atoms with Crippen molar-refractivity contribution in [3.63, 3.8) is 0 Å². The molecule has 102 valence electrons. The van der Waals surface area contributed by atoms with E-state index in [1.807, 2.05) is 0 Å². The number of aromatic hydroxyl groups is 1. The Morgan fingerprint density at radius 2 is 2.16 bits per heavy atom. The molecule has 0 saturated carbocycles. The summed E-state index contributed by atoms with van der Waals surface area (Å²) in [7, 11) is 1.47. The Balaban J connectivity index is 2.14. The summed E-state index contributed by atoms with van der Waals surface area (Å²) in [6, 6.07) is 4.42. The van der Waals surface area contributed by atoms with Crippen molar-refractivity contribution >= 4 is 11.9 Å². The molecule has 1 aliphatic heterocycles. The van der Waals surface area contributed by atoms with Crippen molar-refractivity contribution in [1.29, 1.82) is 0 Å². The third kappa shape index (κ3) is 2.62. The summed E-state index contributed by atoms with van der Waals surface area (Å²) in [4.78, 5) is 24.5. The lowest BCUT2D eigenvalue weighted by Gasteiger charge is -2.16. The van der Waals surface area contributed by atoms with Crippen LogP contribution in [0.3, 0.4) is 0 Å². The molecule has 1 saturated heterocycles. The van der Waals surface area contributed by atoms with Crippen molar-refractivity contribution < 1.29 is 24.5 Å². The maximum Gasteiger partial charge on any atom is 0.308 e. The molecule has 0 aliphatic carbocycles. The van der Waals surface area contributed by atoms with Gasteiger partial charge in [-0.25, -0.2) is 0 Å². The van der Waals surface area contributed by atoms with Gasteiger partial charge in [0.1, 0.15) is 11.5 Å². The fourth-order valence-electron chi connectivity index (χ4n) is 2.14. The number of methoxy groups -OCH3 is 1. The van der Waals surface area contributed by atoms with Crippen molar-refractivity contribution in [2.45, 2.75) is 6.42 Å². The molecule has 2 N–H and O–H groups in total. The highest BCUT2D eigenvalue weighted by Crippen LogP contribution is 2.26. The van der Waals surface area contributed by atoms with E-state index in [1.165, 1.54) is 24.1 Å².